The van der Waals surface area contributed by atoms with Crippen molar-refractivity contribution in [3.05, 3.63) is 24.3 Å². The monoisotopic (exact) mass is 1220 g/mol. The maximum absolute atomic E-state index is 13.0. The van der Waals surface area contributed by atoms with Gasteiger partial charge in [-0.25, -0.2) is 9.13 Å². The van der Waals surface area contributed by atoms with Gasteiger partial charge in [-0.2, -0.15) is 0 Å². The van der Waals surface area contributed by atoms with Crippen LogP contribution in [0.4, 0.5) is 0 Å². The molecule has 0 aromatic heterocycles. The van der Waals surface area contributed by atoms with Crippen molar-refractivity contribution in [1.82, 2.24) is 0 Å². The number of aliphatic hydroxyl groups excluding tert-OH is 1. The fraction of sp³-hybridized carbons (Fsp3) is 0.875. The molecule has 0 aliphatic heterocycles. The Balaban J connectivity index is 5.23. The first-order valence-corrected chi connectivity index (χ1v) is 35.8. The normalized spacial score (nSPS) is 14.8. The molecule has 0 fully saturated rings. The molecule has 0 saturated carbocycles. The predicted octanol–water partition coefficient (Wildman–Crippen LogP) is 17.2. The van der Waals surface area contributed by atoms with E-state index >= 15 is 0 Å². The first-order chi connectivity index (χ1) is 39.9. The van der Waals surface area contributed by atoms with E-state index in [-0.39, 0.29) is 25.7 Å². The van der Waals surface area contributed by atoms with Crippen LogP contribution in [0.25, 0.3) is 0 Å². The van der Waals surface area contributed by atoms with Crippen LogP contribution in [0.5, 0.6) is 0 Å². The average Bonchev–Trinajstić information content (AvgIpc) is 3.46. The topological polar surface area (TPSA) is 237 Å². The quantitative estimate of drug-likeness (QED) is 0.0169. The summed E-state index contributed by atoms with van der Waals surface area (Å²) in [6.45, 7) is 9.28. The van der Waals surface area contributed by atoms with Gasteiger partial charge in [0.1, 0.15) is 19.3 Å². The third kappa shape index (κ3) is 57.1. The van der Waals surface area contributed by atoms with E-state index in [1.165, 1.54) is 89.9 Å². The second kappa shape index (κ2) is 56.1. The highest BCUT2D eigenvalue weighted by atomic mass is 31.2. The maximum Gasteiger partial charge on any atom is 0.472 e. The standard InChI is InChI=1S/C64H120O17P2/c1-7-10-12-14-15-16-17-18-19-20-21-26-29-36-42-48-63(68)80-60(53-75-62(67)47-41-35-28-25-23-22-24-27-33-38-44-56(4)5)55-79-83(72,73)77-51-58(65)50-76-82(70,71)78-54-59(52-74-61(66)46-40-32-13-11-8-2)81-64(69)49-43-37-31-30-34-39-45-57(6)9-3/h16-19,56-60,65H,7-15,20-55H2,1-6H3,(H,70,71)(H,72,73)/b17-16-,19-18-/t57?,58-,59+,60+/m0/s1. The largest absolute Gasteiger partial charge is 0.472 e. The molecule has 0 radical (unpaired) electrons. The van der Waals surface area contributed by atoms with Gasteiger partial charge < -0.3 is 33.8 Å². The van der Waals surface area contributed by atoms with Crippen molar-refractivity contribution in [3.8, 4) is 0 Å². The molecule has 0 saturated heterocycles. The Labute approximate surface area is 503 Å². The second-order valence-corrected chi connectivity index (χ2v) is 26.1. The van der Waals surface area contributed by atoms with Crippen LogP contribution >= 0.6 is 15.6 Å². The van der Waals surface area contributed by atoms with Gasteiger partial charge in [-0.15, -0.1) is 0 Å². The van der Waals surface area contributed by atoms with E-state index < -0.39 is 97.5 Å². The number of carbonyl (C=O) groups excluding carboxylic acids is 4. The number of aliphatic hydroxyl groups is 1. The highest BCUT2D eigenvalue weighted by molar-refractivity contribution is 7.47. The molecular formula is C64H120O17P2. The Morgan fingerprint density at radius 1 is 0.398 bits per heavy atom. The molecule has 0 aliphatic rings. The molecule has 0 amide bonds. The summed E-state index contributed by atoms with van der Waals surface area (Å²) in [5.74, 6) is -0.703. The number of esters is 4. The Bertz CT molecular complexity index is 1730. The van der Waals surface area contributed by atoms with Crippen LogP contribution in [-0.2, 0) is 65.4 Å². The third-order valence-corrected chi connectivity index (χ3v) is 16.3. The molecule has 488 valence electrons. The SMILES string of the molecule is CCCCCC/C=C\C=C/CCCCCCCC(=O)O[C@H](COC(=O)CCCCCCCCCCCCC(C)C)COP(=O)(O)OC[C@@H](O)COP(=O)(O)OC[C@@H](COC(=O)CCCCCCC)OC(=O)CCCCCCCCC(C)CC. The van der Waals surface area contributed by atoms with E-state index in [9.17, 15) is 43.2 Å². The van der Waals surface area contributed by atoms with Crippen molar-refractivity contribution in [2.24, 2.45) is 11.8 Å². The number of phosphoric acid groups is 2. The molecule has 0 aliphatic carbocycles. The lowest BCUT2D eigenvalue weighted by Crippen LogP contribution is -2.30. The van der Waals surface area contributed by atoms with Crippen LogP contribution < -0.4 is 0 Å². The van der Waals surface area contributed by atoms with E-state index in [0.717, 1.165) is 121 Å². The summed E-state index contributed by atoms with van der Waals surface area (Å²) in [4.78, 5) is 71.9. The lowest BCUT2D eigenvalue weighted by Gasteiger charge is -2.21. The zero-order valence-electron chi connectivity index (χ0n) is 53.0. The van der Waals surface area contributed by atoms with Crippen molar-refractivity contribution in [1.29, 1.82) is 0 Å². The molecule has 19 heteroatoms. The fourth-order valence-corrected chi connectivity index (χ4v) is 10.5. The van der Waals surface area contributed by atoms with Gasteiger partial charge >= 0.3 is 39.5 Å². The molecule has 0 heterocycles. The van der Waals surface area contributed by atoms with Crippen LogP contribution in [0, 0.1) is 11.8 Å². The Morgan fingerprint density at radius 3 is 1.08 bits per heavy atom. The van der Waals surface area contributed by atoms with Gasteiger partial charge in [0.25, 0.3) is 0 Å². The van der Waals surface area contributed by atoms with Gasteiger partial charge in [0.2, 0.25) is 0 Å². The van der Waals surface area contributed by atoms with E-state index in [2.05, 4.69) is 65.8 Å². The van der Waals surface area contributed by atoms with Crippen LogP contribution in [0.2, 0.25) is 0 Å². The number of phosphoric ester groups is 2. The minimum absolute atomic E-state index is 0.0843. The molecule has 0 bridgehead atoms. The molecule has 3 unspecified atom stereocenters. The van der Waals surface area contributed by atoms with Gasteiger partial charge in [0, 0.05) is 25.7 Å². The van der Waals surface area contributed by atoms with Crippen molar-refractivity contribution in [3.63, 3.8) is 0 Å². The summed E-state index contributed by atoms with van der Waals surface area (Å²) in [7, 11) is -9.89. The van der Waals surface area contributed by atoms with E-state index in [1.54, 1.807) is 0 Å². The number of ether oxygens (including phenoxy) is 4. The van der Waals surface area contributed by atoms with Crippen molar-refractivity contribution >= 4 is 39.5 Å². The zero-order chi connectivity index (χ0) is 61.5. The average molecular weight is 1220 g/mol. The van der Waals surface area contributed by atoms with Crippen molar-refractivity contribution in [2.45, 2.75) is 310 Å². The Kier molecular flexibility index (Phi) is 54.4. The van der Waals surface area contributed by atoms with Crippen LogP contribution in [0.15, 0.2) is 24.3 Å². The van der Waals surface area contributed by atoms with Crippen LogP contribution in [-0.4, -0.2) is 96.7 Å². The third-order valence-electron chi connectivity index (χ3n) is 14.4. The molecule has 3 N–H and O–H groups in total. The zero-order valence-corrected chi connectivity index (χ0v) is 54.8. The van der Waals surface area contributed by atoms with Crippen molar-refractivity contribution < 1.29 is 80.2 Å². The fourth-order valence-electron chi connectivity index (χ4n) is 8.96. The number of hydrogen-bond acceptors (Lipinski definition) is 15. The summed E-state index contributed by atoms with van der Waals surface area (Å²) >= 11 is 0. The van der Waals surface area contributed by atoms with Gasteiger partial charge in [0.15, 0.2) is 12.2 Å². The lowest BCUT2D eigenvalue weighted by atomic mass is 10.00. The number of carbonyl (C=O) groups is 4. The highest BCUT2D eigenvalue weighted by Gasteiger charge is 2.30. The summed E-state index contributed by atoms with van der Waals surface area (Å²) in [6, 6.07) is 0. The van der Waals surface area contributed by atoms with Crippen LogP contribution in [0.1, 0.15) is 292 Å². The molecule has 0 rings (SSSR count). The minimum Gasteiger partial charge on any atom is -0.462 e. The molecule has 6 atom stereocenters. The van der Waals surface area contributed by atoms with Gasteiger partial charge in [-0.3, -0.25) is 37.3 Å². The van der Waals surface area contributed by atoms with Crippen molar-refractivity contribution in [2.75, 3.05) is 39.6 Å². The minimum atomic E-state index is -4.95. The van der Waals surface area contributed by atoms with E-state index in [4.69, 9.17) is 37.0 Å². The molecule has 0 spiro atoms. The predicted molar refractivity (Wildman–Crippen MR) is 331 cm³/mol. The summed E-state index contributed by atoms with van der Waals surface area (Å²) in [5.41, 5.74) is 0. The Hall–Kier alpha value is -2.46. The first kappa shape index (κ1) is 80.5. The summed E-state index contributed by atoms with van der Waals surface area (Å²) < 4.78 is 67.7. The number of rotatable bonds is 61. The Morgan fingerprint density at radius 2 is 0.711 bits per heavy atom. The number of hydrogen-bond donors (Lipinski definition) is 3. The molecular weight excluding hydrogens is 1100 g/mol. The first-order valence-electron chi connectivity index (χ1n) is 32.8. The molecule has 83 heavy (non-hydrogen) atoms. The maximum atomic E-state index is 13.0. The van der Waals surface area contributed by atoms with Gasteiger partial charge in [-0.05, 0) is 63.2 Å². The number of unbranched alkanes of at least 4 members (excludes halogenated alkanes) is 27. The van der Waals surface area contributed by atoms with Gasteiger partial charge in [0.05, 0.1) is 26.4 Å². The number of allylic oxidation sites excluding steroid dienone is 4. The van der Waals surface area contributed by atoms with Crippen LogP contribution in [0.3, 0.4) is 0 Å². The highest BCUT2D eigenvalue weighted by Crippen LogP contribution is 2.45. The summed E-state index contributed by atoms with van der Waals surface area (Å²) in [6.07, 6.45) is 41.6. The second-order valence-electron chi connectivity index (χ2n) is 23.2. The molecule has 0 aromatic rings. The van der Waals surface area contributed by atoms with E-state index in [0.29, 0.717) is 25.7 Å². The van der Waals surface area contributed by atoms with Gasteiger partial charge in [-0.1, -0.05) is 239 Å². The lowest BCUT2D eigenvalue weighted by molar-refractivity contribution is -0.161. The van der Waals surface area contributed by atoms with E-state index in [1.807, 2.05) is 0 Å². The smallest absolute Gasteiger partial charge is 0.462 e. The summed E-state index contributed by atoms with van der Waals surface area (Å²) in [5, 5.41) is 10.5. The molecule has 0 aromatic carbocycles. The molecule has 17 nitrogen and oxygen atoms in total.